The number of nitrogens with one attached hydrogen (secondary N) is 1. The van der Waals surface area contributed by atoms with E-state index in [4.69, 9.17) is 16.3 Å². The van der Waals surface area contributed by atoms with Crippen molar-refractivity contribution in [3.63, 3.8) is 0 Å². The first-order valence-corrected chi connectivity index (χ1v) is 6.35. The molecule has 1 aliphatic carbocycles. The maximum atomic E-state index is 12.2. The van der Waals surface area contributed by atoms with E-state index in [2.05, 4.69) is 5.32 Å². The zero-order valence-corrected chi connectivity index (χ0v) is 11.5. The number of rotatable bonds is 4. The van der Waals surface area contributed by atoms with E-state index >= 15 is 0 Å². The van der Waals surface area contributed by atoms with Gasteiger partial charge in [0.2, 0.25) is 11.6 Å². The van der Waals surface area contributed by atoms with E-state index in [1.165, 1.54) is 6.92 Å². The van der Waals surface area contributed by atoms with Gasteiger partial charge in [-0.3, -0.25) is 14.4 Å². The Morgan fingerprint density at radius 1 is 1.20 bits per heavy atom. The Labute approximate surface area is 120 Å². The number of Topliss-reactive ketones (excluding diaryl/α,β-unsaturated/α-hetero) is 2. The fourth-order valence-corrected chi connectivity index (χ4v) is 2.13. The fourth-order valence-electron chi connectivity index (χ4n) is 1.87. The maximum Gasteiger partial charge on any atom is 0.302 e. The molecule has 0 amide bonds. The van der Waals surface area contributed by atoms with E-state index in [-0.39, 0.29) is 29.7 Å². The summed E-state index contributed by atoms with van der Waals surface area (Å²) in [4.78, 5) is 34.9. The second kappa shape index (κ2) is 5.88. The second-order valence-electron chi connectivity index (χ2n) is 4.16. The predicted octanol–water partition coefficient (Wildman–Crippen LogP) is 1.67. The smallest absolute Gasteiger partial charge is 0.302 e. The van der Waals surface area contributed by atoms with Gasteiger partial charge in [-0.1, -0.05) is 35.9 Å². The molecule has 5 nitrogen and oxygen atoms in total. The Bertz CT molecular complexity index is 621. The van der Waals surface area contributed by atoms with Crippen molar-refractivity contribution in [2.75, 3.05) is 13.2 Å². The van der Waals surface area contributed by atoms with E-state index in [0.29, 0.717) is 11.1 Å². The van der Waals surface area contributed by atoms with Gasteiger partial charge in [0.1, 0.15) is 17.3 Å². The minimum atomic E-state index is -0.414. The van der Waals surface area contributed by atoms with Crippen LogP contribution in [-0.4, -0.2) is 30.7 Å². The summed E-state index contributed by atoms with van der Waals surface area (Å²) in [6.45, 7) is 1.58. The molecule has 0 heterocycles. The molecule has 0 unspecified atom stereocenters. The van der Waals surface area contributed by atoms with Crippen molar-refractivity contribution in [2.45, 2.75) is 6.92 Å². The molecule has 6 heteroatoms. The minimum absolute atomic E-state index is 0.0440. The van der Waals surface area contributed by atoms with Crippen LogP contribution in [0.5, 0.6) is 0 Å². The fraction of sp³-hybridized carbons (Fsp3) is 0.214. The Morgan fingerprint density at radius 2 is 1.80 bits per heavy atom. The lowest BCUT2D eigenvalue weighted by Crippen LogP contribution is -2.31. The quantitative estimate of drug-likeness (QED) is 0.675. The number of carbonyl (C=O) groups is 3. The first-order chi connectivity index (χ1) is 9.52. The molecule has 0 fully saturated rings. The summed E-state index contributed by atoms with van der Waals surface area (Å²) in [7, 11) is 0. The van der Waals surface area contributed by atoms with E-state index < -0.39 is 11.8 Å². The number of fused-ring (bicyclic) bond motifs is 1. The van der Waals surface area contributed by atoms with E-state index in [1.54, 1.807) is 24.3 Å². The SMILES string of the molecule is CC(=O)OCCNC1=C(Cl)C(=O)c2ccccc2C1=O. The zero-order chi connectivity index (χ0) is 14.7. The third kappa shape index (κ3) is 2.72. The summed E-state index contributed by atoms with van der Waals surface area (Å²) in [6, 6.07) is 6.49. The normalized spacial score (nSPS) is 14.1. The van der Waals surface area contributed by atoms with E-state index in [9.17, 15) is 14.4 Å². The van der Waals surface area contributed by atoms with Gasteiger partial charge < -0.3 is 10.1 Å². The molecule has 0 saturated carbocycles. The first-order valence-electron chi connectivity index (χ1n) is 5.98. The lowest BCUT2D eigenvalue weighted by atomic mass is 9.92. The van der Waals surface area contributed by atoms with Crippen molar-refractivity contribution in [1.29, 1.82) is 0 Å². The summed E-state index contributed by atoms with van der Waals surface area (Å²) in [5.41, 5.74) is 0.660. The number of ketones is 2. The standard InChI is InChI=1S/C14H12ClNO4/c1-8(17)20-7-6-16-12-11(15)13(18)9-4-2-3-5-10(9)14(12)19/h2-5,16H,6-7H2,1H3. The van der Waals surface area contributed by atoms with Crippen LogP contribution in [0.25, 0.3) is 0 Å². The van der Waals surface area contributed by atoms with Crippen molar-refractivity contribution < 1.29 is 19.1 Å². The molecular formula is C14H12ClNO4. The van der Waals surface area contributed by atoms with Crippen molar-refractivity contribution in [1.82, 2.24) is 5.32 Å². The van der Waals surface area contributed by atoms with Crippen LogP contribution in [-0.2, 0) is 9.53 Å². The minimum Gasteiger partial charge on any atom is -0.464 e. The molecule has 0 atom stereocenters. The maximum absolute atomic E-state index is 12.2. The van der Waals surface area contributed by atoms with Gasteiger partial charge in [0.05, 0.1) is 0 Å². The van der Waals surface area contributed by atoms with E-state index in [0.717, 1.165) is 0 Å². The summed E-state index contributed by atoms with van der Waals surface area (Å²) in [6.07, 6.45) is 0. The average molecular weight is 294 g/mol. The molecule has 1 aromatic carbocycles. The van der Waals surface area contributed by atoms with Gasteiger partial charge in [0, 0.05) is 24.6 Å². The summed E-state index contributed by atoms with van der Waals surface area (Å²) in [5, 5.41) is 2.61. The molecule has 0 radical (unpaired) electrons. The van der Waals surface area contributed by atoms with Crippen LogP contribution < -0.4 is 5.32 Å². The number of allylic oxidation sites excluding steroid dienone is 2. The Kier molecular flexibility index (Phi) is 4.20. The highest BCUT2D eigenvalue weighted by Gasteiger charge is 2.30. The van der Waals surface area contributed by atoms with Crippen LogP contribution in [0.1, 0.15) is 27.6 Å². The summed E-state index contributed by atoms with van der Waals surface area (Å²) in [5.74, 6) is -1.15. The van der Waals surface area contributed by atoms with Crippen molar-refractivity contribution in [2.24, 2.45) is 0 Å². The third-order valence-electron chi connectivity index (χ3n) is 2.77. The zero-order valence-electron chi connectivity index (χ0n) is 10.7. The first kappa shape index (κ1) is 14.3. The number of halogens is 1. The highest BCUT2D eigenvalue weighted by atomic mass is 35.5. The van der Waals surface area contributed by atoms with Crippen LogP contribution in [0, 0.1) is 0 Å². The number of hydrogen-bond donors (Lipinski definition) is 1. The molecule has 0 spiro atoms. The highest BCUT2D eigenvalue weighted by Crippen LogP contribution is 2.26. The van der Waals surface area contributed by atoms with Gasteiger partial charge in [0.15, 0.2) is 0 Å². The van der Waals surface area contributed by atoms with Gasteiger partial charge in [-0.2, -0.15) is 0 Å². The molecule has 0 aromatic heterocycles. The van der Waals surface area contributed by atoms with Gasteiger partial charge in [-0.05, 0) is 0 Å². The molecule has 20 heavy (non-hydrogen) atoms. The molecule has 0 aliphatic heterocycles. The average Bonchev–Trinajstić information content (AvgIpc) is 2.44. The van der Waals surface area contributed by atoms with Crippen molar-refractivity contribution >= 4 is 29.1 Å². The number of carbonyl (C=O) groups excluding carboxylic acids is 3. The van der Waals surface area contributed by atoms with Gasteiger partial charge in [0.25, 0.3) is 0 Å². The predicted molar refractivity (Wildman–Crippen MR) is 72.6 cm³/mol. The molecule has 1 aliphatic rings. The molecule has 104 valence electrons. The molecule has 0 saturated heterocycles. The van der Waals surface area contributed by atoms with Crippen molar-refractivity contribution in [3.8, 4) is 0 Å². The van der Waals surface area contributed by atoms with Gasteiger partial charge in [-0.25, -0.2) is 0 Å². The van der Waals surface area contributed by atoms with Gasteiger partial charge >= 0.3 is 5.97 Å². The lowest BCUT2D eigenvalue weighted by Gasteiger charge is -2.18. The number of ether oxygens (including phenoxy) is 1. The number of hydrogen-bond acceptors (Lipinski definition) is 5. The number of benzene rings is 1. The van der Waals surface area contributed by atoms with E-state index in [1.807, 2.05) is 0 Å². The molecular weight excluding hydrogens is 282 g/mol. The van der Waals surface area contributed by atoms with Crippen LogP contribution in [0.2, 0.25) is 0 Å². The lowest BCUT2D eigenvalue weighted by molar-refractivity contribution is -0.140. The second-order valence-corrected chi connectivity index (χ2v) is 4.54. The molecule has 1 aromatic rings. The summed E-state index contributed by atoms with van der Waals surface area (Å²) < 4.78 is 4.74. The van der Waals surface area contributed by atoms with Crippen LogP contribution in [0.4, 0.5) is 0 Å². The Balaban J connectivity index is 2.17. The Hall–Kier alpha value is -2.14. The molecule has 2 rings (SSSR count). The van der Waals surface area contributed by atoms with Gasteiger partial charge in [-0.15, -0.1) is 0 Å². The van der Waals surface area contributed by atoms with Crippen LogP contribution in [0.3, 0.4) is 0 Å². The van der Waals surface area contributed by atoms with Crippen LogP contribution in [0.15, 0.2) is 35.0 Å². The largest absolute Gasteiger partial charge is 0.464 e. The topological polar surface area (TPSA) is 72.5 Å². The Morgan fingerprint density at radius 3 is 2.40 bits per heavy atom. The third-order valence-corrected chi connectivity index (χ3v) is 3.13. The molecule has 1 N–H and O–H groups in total. The molecule has 0 bridgehead atoms. The number of esters is 1. The monoisotopic (exact) mass is 293 g/mol. The van der Waals surface area contributed by atoms with Crippen LogP contribution >= 0.6 is 11.6 Å². The summed E-state index contributed by atoms with van der Waals surface area (Å²) >= 11 is 5.94. The highest BCUT2D eigenvalue weighted by molar-refractivity contribution is 6.49. The van der Waals surface area contributed by atoms with Crippen molar-refractivity contribution in [3.05, 3.63) is 46.1 Å².